The van der Waals surface area contributed by atoms with E-state index in [4.69, 9.17) is 0 Å². The average Bonchev–Trinajstić information content (AvgIpc) is 2.74. The van der Waals surface area contributed by atoms with Gasteiger partial charge in [-0.25, -0.2) is 0 Å². The number of aromatic nitrogens is 1. The maximum absolute atomic E-state index is 12.6. The molecule has 1 aromatic rings. The molecule has 0 unspecified atom stereocenters. The summed E-state index contributed by atoms with van der Waals surface area (Å²) in [6, 6.07) is 4.28. The van der Waals surface area contributed by atoms with E-state index in [0.29, 0.717) is 6.04 Å². The van der Waals surface area contributed by atoms with Gasteiger partial charge >= 0.3 is 0 Å². The molecule has 2 heterocycles. The van der Waals surface area contributed by atoms with Crippen molar-refractivity contribution >= 4 is 5.91 Å². The maximum Gasteiger partial charge on any atom is 0.270 e. The molecule has 0 aromatic carbocycles. The van der Waals surface area contributed by atoms with Crippen LogP contribution in [-0.2, 0) is 6.54 Å². The molecule has 1 aliphatic rings. The Bertz CT molecular complexity index is 395. The number of hydrogen-bond donors (Lipinski definition) is 1. The zero-order chi connectivity index (χ0) is 13.0. The number of nitrogens with one attached hydrogen (secondary N) is 1. The monoisotopic (exact) mass is 249 g/mol. The van der Waals surface area contributed by atoms with Crippen LogP contribution in [0, 0.1) is 0 Å². The zero-order valence-electron chi connectivity index (χ0n) is 11.4. The molecular weight excluding hydrogens is 226 g/mol. The molecule has 0 saturated carbocycles. The molecule has 100 valence electrons. The minimum Gasteiger partial charge on any atom is -0.344 e. The number of nitrogens with zero attached hydrogens (tertiary/aromatic N) is 2. The Morgan fingerprint density at radius 3 is 2.78 bits per heavy atom. The third-order valence-electron chi connectivity index (χ3n) is 3.44. The van der Waals surface area contributed by atoms with E-state index in [0.717, 1.165) is 44.7 Å². The van der Waals surface area contributed by atoms with Gasteiger partial charge in [0.1, 0.15) is 5.69 Å². The standard InChI is InChI=1S/C14H23N3O/c1-3-7-16-9-5-6-13(16)14(18)17(8-4-2)12-10-15-11-12/h5-6,9,12,15H,3-4,7-8,10-11H2,1-2H3. The molecule has 0 atom stereocenters. The van der Waals surface area contributed by atoms with Crippen molar-refractivity contribution in [2.45, 2.75) is 39.3 Å². The minimum absolute atomic E-state index is 0.182. The number of aryl methyl sites for hydroxylation is 1. The quantitative estimate of drug-likeness (QED) is 0.833. The maximum atomic E-state index is 12.6. The van der Waals surface area contributed by atoms with Crippen LogP contribution in [0.15, 0.2) is 18.3 Å². The minimum atomic E-state index is 0.182. The van der Waals surface area contributed by atoms with Gasteiger partial charge in [-0.2, -0.15) is 0 Å². The van der Waals surface area contributed by atoms with Crippen LogP contribution in [-0.4, -0.2) is 41.1 Å². The largest absolute Gasteiger partial charge is 0.344 e. The highest BCUT2D eigenvalue weighted by atomic mass is 16.2. The zero-order valence-corrected chi connectivity index (χ0v) is 11.4. The Morgan fingerprint density at radius 2 is 2.22 bits per heavy atom. The highest BCUT2D eigenvalue weighted by molar-refractivity contribution is 5.93. The van der Waals surface area contributed by atoms with E-state index in [9.17, 15) is 4.79 Å². The number of carbonyl (C=O) groups is 1. The van der Waals surface area contributed by atoms with Crippen molar-refractivity contribution in [1.29, 1.82) is 0 Å². The molecule has 0 spiro atoms. The molecule has 4 heteroatoms. The summed E-state index contributed by atoms with van der Waals surface area (Å²) in [7, 11) is 0. The topological polar surface area (TPSA) is 37.3 Å². The van der Waals surface area contributed by atoms with Crippen LogP contribution in [0.4, 0.5) is 0 Å². The molecule has 1 N–H and O–H groups in total. The predicted molar refractivity (Wildman–Crippen MR) is 72.7 cm³/mol. The Balaban J connectivity index is 2.13. The first kappa shape index (κ1) is 13.1. The van der Waals surface area contributed by atoms with Crippen LogP contribution >= 0.6 is 0 Å². The van der Waals surface area contributed by atoms with Gasteiger partial charge < -0.3 is 14.8 Å². The summed E-state index contributed by atoms with van der Waals surface area (Å²) in [4.78, 5) is 14.6. The number of carbonyl (C=O) groups excluding carboxylic acids is 1. The van der Waals surface area contributed by atoms with E-state index in [1.807, 2.05) is 23.2 Å². The van der Waals surface area contributed by atoms with Gasteiger partial charge in [0, 0.05) is 32.4 Å². The van der Waals surface area contributed by atoms with Crippen LogP contribution in [0.25, 0.3) is 0 Å². The van der Waals surface area contributed by atoms with Gasteiger partial charge in [0.05, 0.1) is 6.04 Å². The summed E-state index contributed by atoms with van der Waals surface area (Å²) >= 11 is 0. The fraction of sp³-hybridized carbons (Fsp3) is 0.643. The van der Waals surface area contributed by atoms with Gasteiger partial charge in [-0.3, -0.25) is 4.79 Å². The van der Waals surface area contributed by atoms with E-state index in [1.54, 1.807) is 0 Å². The molecule has 0 bridgehead atoms. The first-order valence-electron chi connectivity index (χ1n) is 6.94. The summed E-state index contributed by atoms with van der Waals surface area (Å²) in [5.41, 5.74) is 0.831. The van der Waals surface area contributed by atoms with Gasteiger partial charge in [0.15, 0.2) is 0 Å². The highest BCUT2D eigenvalue weighted by Crippen LogP contribution is 2.13. The summed E-state index contributed by atoms with van der Waals surface area (Å²) in [6.07, 6.45) is 4.06. The second-order valence-corrected chi connectivity index (χ2v) is 4.90. The van der Waals surface area contributed by atoms with Crippen LogP contribution in [0.1, 0.15) is 37.2 Å². The predicted octanol–water partition coefficient (Wildman–Crippen LogP) is 1.72. The molecule has 1 amide bonds. The van der Waals surface area contributed by atoms with Crippen molar-refractivity contribution in [1.82, 2.24) is 14.8 Å². The fourth-order valence-corrected chi connectivity index (χ4v) is 2.38. The average molecular weight is 249 g/mol. The first-order valence-corrected chi connectivity index (χ1v) is 6.94. The van der Waals surface area contributed by atoms with Crippen LogP contribution in [0.3, 0.4) is 0 Å². The molecule has 1 aliphatic heterocycles. The fourth-order valence-electron chi connectivity index (χ4n) is 2.38. The van der Waals surface area contributed by atoms with E-state index in [2.05, 4.69) is 23.7 Å². The lowest BCUT2D eigenvalue weighted by atomic mass is 10.1. The summed E-state index contributed by atoms with van der Waals surface area (Å²) in [5, 5.41) is 3.24. The van der Waals surface area contributed by atoms with Gasteiger partial charge in [-0.1, -0.05) is 13.8 Å². The smallest absolute Gasteiger partial charge is 0.270 e. The van der Waals surface area contributed by atoms with E-state index >= 15 is 0 Å². The summed E-state index contributed by atoms with van der Waals surface area (Å²) in [5.74, 6) is 0.182. The molecular formula is C14H23N3O. The highest BCUT2D eigenvalue weighted by Gasteiger charge is 2.29. The molecule has 0 aliphatic carbocycles. The number of amides is 1. The van der Waals surface area contributed by atoms with Gasteiger partial charge in [-0.15, -0.1) is 0 Å². The third-order valence-corrected chi connectivity index (χ3v) is 3.44. The Labute approximate surface area is 109 Å². The normalized spacial score (nSPS) is 15.4. The molecule has 2 rings (SSSR count). The molecule has 18 heavy (non-hydrogen) atoms. The lowest BCUT2D eigenvalue weighted by Gasteiger charge is -2.38. The van der Waals surface area contributed by atoms with Crippen LogP contribution in [0.5, 0.6) is 0 Å². The van der Waals surface area contributed by atoms with E-state index in [-0.39, 0.29) is 5.91 Å². The van der Waals surface area contributed by atoms with Gasteiger partial charge in [0.25, 0.3) is 5.91 Å². The van der Waals surface area contributed by atoms with Crippen molar-refractivity contribution in [3.63, 3.8) is 0 Å². The van der Waals surface area contributed by atoms with Crippen molar-refractivity contribution in [2.24, 2.45) is 0 Å². The van der Waals surface area contributed by atoms with Crippen LogP contribution in [0.2, 0.25) is 0 Å². The second kappa shape index (κ2) is 6.05. The van der Waals surface area contributed by atoms with Crippen LogP contribution < -0.4 is 5.32 Å². The molecule has 1 aromatic heterocycles. The summed E-state index contributed by atoms with van der Waals surface area (Å²) < 4.78 is 2.07. The number of hydrogen-bond acceptors (Lipinski definition) is 2. The van der Waals surface area contributed by atoms with E-state index < -0.39 is 0 Å². The van der Waals surface area contributed by atoms with Crippen molar-refractivity contribution in [3.05, 3.63) is 24.0 Å². The molecule has 1 fully saturated rings. The van der Waals surface area contributed by atoms with Crippen molar-refractivity contribution < 1.29 is 4.79 Å². The third kappa shape index (κ3) is 2.58. The lowest BCUT2D eigenvalue weighted by Crippen LogP contribution is -2.59. The molecule has 4 nitrogen and oxygen atoms in total. The lowest BCUT2D eigenvalue weighted by molar-refractivity contribution is 0.0604. The Hall–Kier alpha value is -1.29. The van der Waals surface area contributed by atoms with Gasteiger partial charge in [-0.05, 0) is 25.0 Å². The van der Waals surface area contributed by atoms with Gasteiger partial charge in [0.2, 0.25) is 0 Å². The first-order chi connectivity index (χ1) is 8.77. The van der Waals surface area contributed by atoms with Crippen molar-refractivity contribution in [2.75, 3.05) is 19.6 Å². The molecule has 1 saturated heterocycles. The Morgan fingerprint density at radius 1 is 1.44 bits per heavy atom. The Kier molecular flexibility index (Phi) is 4.42. The second-order valence-electron chi connectivity index (χ2n) is 4.90. The summed E-state index contributed by atoms with van der Waals surface area (Å²) in [6.45, 7) is 7.88. The molecule has 0 radical (unpaired) electrons. The van der Waals surface area contributed by atoms with E-state index in [1.165, 1.54) is 0 Å². The van der Waals surface area contributed by atoms with Crippen molar-refractivity contribution in [3.8, 4) is 0 Å². The SMILES string of the molecule is CCCN(C(=O)c1cccn1CCC)C1CNC1. The number of rotatable bonds is 6.